The monoisotopic (exact) mass is 452 g/mol. The second-order valence-corrected chi connectivity index (χ2v) is 11.5. The Kier molecular flexibility index (Phi) is 17.0. The lowest BCUT2D eigenvalue weighted by molar-refractivity contribution is 0.374. The quantitative estimate of drug-likeness (QED) is 0.204. The lowest BCUT2D eigenvalue weighted by Crippen LogP contribution is -2.09. The lowest BCUT2D eigenvalue weighted by atomic mass is 9.84. The van der Waals surface area contributed by atoms with Gasteiger partial charge in [-0.05, 0) is 125 Å². The zero-order chi connectivity index (χ0) is 25.3. The highest BCUT2D eigenvalue weighted by atomic mass is 14.2. The van der Waals surface area contributed by atoms with E-state index in [0.29, 0.717) is 5.41 Å². The van der Waals surface area contributed by atoms with Gasteiger partial charge in [-0.1, -0.05) is 83.7 Å². The summed E-state index contributed by atoms with van der Waals surface area (Å²) in [6, 6.07) is 0. The lowest BCUT2D eigenvalue weighted by Gasteiger charge is -2.22. The van der Waals surface area contributed by atoms with Gasteiger partial charge in [0.15, 0.2) is 0 Å². The number of hydrogen-bond donors (Lipinski definition) is 0. The van der Waals surface area contributed by atoms with Gasteiger partial charge in [0.05, 0.1) is 0 Å². The summed E-state index contributed by atoms with van der Waals surface area (Å²) in [7, 11) is 0. The van der Waals surface area contributed by atoms with Crippen LogP contribution in [0.25, 0.3) is 0 Å². The summed E-state index contributed by atoms with van der Waals surface area (Å²) in [5, 5.41) is 0. The maximum absolute atomic E-state index is 2.48. The van der Waals surface area contributed by atoms with Gasteiger partial charge in [-0.25, -0.2) is 0 Å². The third-order valence-electron chi connectivity index (χ3n) is 6.25. The van der Waals surface area contributed by atoms with Crippen molar-refractivity contribution >= 4 is 0 Å². The molecular formula is C33H56. The fourth-order valence-electron chi connectivity index (χ4n) is 3.66. The van der Waals surface area contributed by atoms with Crippen molar-refractivity contribution in [3.8, 4) is 0 Å². The molecule has 0 saturated carbocycles. The van der Waals surface area contributed by atoms with Crippen LogP contribution in [0.4, 0.5) is 0 Å². The van der Waals surface area contributed by atoms with Crippen molar-refractivity contribution in [3.05, 3.63) is 69.9 Å². The highest BCUT2D eigenvalue weighted by Crippen LogP contribution is 2.28. The summed E-state index contributed by atoms with van der Waals surface area (Å²) >= 11 is 0. The fourth-order valence-corrected chi connectivity index (χ4v) is 3.66. The molecule has 0 amide bonds. The second kappa shape index (κ2) is 17.9. The zero-order valence-electron chi connectivity index (χ0n) is 24.0. The summed E-state index contributed by atoms with van der Waals surface area (Å²) in [5.41, 5.74) is 9.29. The Morgan fingerprint density at radius 1 is 0.424 bits per heavy atom. The first-order valence-corrected chi connectivity index (χ1v) is 13.3. The summed E-state index contributed by atoms with van der Waals surface area (Å²) < 4.78 is 0. The van der Waals surface area contributed by atoms with Crippen LogP contribution in [0.15, 0.2) is 69.9 Å². The Morgan fingerprint density at radius 2 is 0.697 bits per heavy atom. The largest absolute Gasteiger partial charge is 0.0856 e. The standard InChI is InChI=1S/C33H56/c1-27(2)15-11-17-29(5)19-13-21-31(7)23-25-33(9,10)26-24-32(8)22-14-20-30(6)18-12-16-28(3)4/h15-16,19-20,23-24H,11-14,17-18,21-22,25-26H2,1-10H3. The van der Waals surface area contributed by atoms with E-state index in [1.165, 1.54) is 84.8 Å². The first-order valence-electron chi connectivity index (χ1n) is 13.3. The van der Waals surface area contributed by atoms with E-state index in [2.05, 4.69) is 106 Å². The summed E-state index contributed by atoms with van der Waals surface area (Å²) in [6.45, 7) is 22.7. The molecule has 0 atom stereocenters. The van der Waals surface area contributed by atoms with Crippen molar-refractivity contribution < 1.29 is 0 Å². The van der Waals surface area contributed by atoms with Crippen molar-refractivity contribution in [2.24, 2.45) is 5.41 Å². The Labute approximate surface area is 208 Å². The van der Waals surface area contributed by atoms with Crippen LogP contribution in [0.1, 0.15) is 133 Å². The van der Waals surface area contributed by atoms with Crippen LogP contribution >= 0.6 is 0 Å². The molecule has 0 nitrogen and oxygen atoms in total. The van der Waals surface area contributed by atoms with Gasteiger partial charge in [-0.2, -0.15) is 0 Å². The van der Waals surface area contributed by atoms with Crippen molar-refractivity contribution in [3.63, 3.8) is 0 Å². The molecule has 0 aliphatic heterocycles. The molecule has 0 aliphatic rings. The first kappa shape index (κ1) is 31.4. The number of hydrogen-bond acceptors (Lipinski definition) is 0. The van der Waals surface area contributed by atoms with Crippen LogP contribution in [0.2, 0.25) is 0 Å². The van der Waals surface area contributed by atoms with Gasteiger partial charge in [-0.15, -0.1) is 0 Å². The highest BCUT2D eigenvalue weighted by Gasteiger charge is 2.14. The topological polar surface area (TPSA) is 0 Å². The van der Waals surface area contributed by atoms with E-state index >= 15 is 0 Å². The molecule has 0 bridgehead atoms. The minimum Gasteiger partial charge on any atom is -0.0856 e. The first-order chi connectivity index (χ1) is 15.4. The van der Waals surface area contributed by atoms with Crippen LogP contribution in [-0.2, 0) is 0 Å². The molecule has 0 N–H and O–H groups in total. The van der Waals surface area contributed by atoms with Gasteiger partial charge in [0.25, 0.3) is 0 Å². The maximum Gasteiger partial charge on any atom is -0.0285 e. The number of allylic oxidation sites excluding steroid dienone is 12. The van der Waals surface area contributed by atoms with Gasteiger partial charge in [0.1, 0.15) is 0 Å². The van der Waals surface area contributed by atoms with Crippen molar-refractivity contribution in [1.82, 2.24) is 0 Å². The molecule has 0 aliphatic carbocycles. The Bertz CT molecular complexity index is 658. The van der Waals surface area contributed by atoms with Crippen LogP contribution in [-0.4, -0.2) is 0 Å². The van der Waals surface area contributed by atoms with Crippen molar-refractivity contribution in [2.75, 3.05) is 0 Å². The molecule has 188 valence electrons. The average Bonchev–Trinajstić information content (AvgIpc) is 2.70. The molecule has 0 aromatic rings. The van der Waals surface area contributed by atoms with Crippen LogP contribution in [0.5, 0.6) is 0 Å². The smallest absolute Gasteiger partial charge is 0.0285 e. The van der Waals surface area contributed by atoms with Crippen LogP contribution < -0.4 is 0 Å². The third kappa shape index (κ3) is 20.8. The molecule has 33 heavy (non-hydrogen) atoms. The molecule has 0 rings (SSSR count). The predicted molar refractivity (Wildman–Crippen MR) is 154 cm³/mol. The molecule has 0 unspecified atom stereocenters. The molecule has 0 saturated heterocycles. The van der Waals surface area contributed by atoms with Gasteiger partial charge >= 0.3 is 0 Å². The molecule has 0 fully saturated rings. The van der Waals surface area contributed by atoms with E-state index in [4.69, 9.17) is 0 Å². The Morgan fingerprint density at radius 3 is 1.00 bits per heavy atom. The number of rotatable bonds is 16. The van der Waals surface area contributed by atoms with E-state index in [1.54, 1.807) is 0 Å². The second-order valence-electron chi connectivity index (χ2n) is 11.5. The van der Waals surface area contributed by atoms with E-state index in [1.807, 2.05) is 0 Å². The normalized spacial score (nSPS) is 13.9. The van der Waals surface area contributed by atoms with Gasteiger partial charge in [-0.3, -0.25) is 0 Å². The van der Waals surface area contributed by atoms with Gasteiger partial charge < -0.3 is 0 Å². The molecule has 0 heteroatoms. The van der Waals surface area contributed by atoms with Gasteiger partial charge in [0, 0.05) is 0 Å². The zero-order valence-corrected chi connectivity index (χ0v) is 24.0. The van der Waals surface area contributed by atoms with E-state index in [9.17, 15) is 0 Å². The third-order valence-corrected chi connectivity index (χ3v) is 6.25. The van der Waals surface area contributed by atoms with Gasteiger partial charge in [0.2, 0.25) is 0 Å². The Balaban J connectivity index is 4.37. The minimum absolute atomic E-state index is 0.328. The maximum atomic E-state index is 2.48. The van der Waals surface area contributed by atoms with Crippen molar-refractivity contribution in [1.29, 1.82) is 0 Å². The summed E-state index contributed by atoms with van der Waals surface area (Å²) in [6.07, 6.45) is 26.3. The Hall–Kier alpha value is -1.56. The molecule has 0 spiro atoms. The van der Waals surface area contributed by atoms with E-state index in [0.717, 1.165) is 12.8 Å². The minimum atomic E-state index is 0.328. The van der Waals surface area contributed by atoms with E-state index < -0.39 is 0 Å². The summed E-state index contributed by atoms with van der Waals surface area (Å²) in [5.74, 6) is 0. The summed E-state index contributed by atoms with van der Waals surface area (Å²) in [4.78, 5) is 0. The van der Waals surface area contributed by atoms with Crippen LogP contribution in [0, 0.1) is 5.41 Å². The predicted octanol–water partition coefficient (Wildman–Crippen LogP) is 11.6. The van der Waals surface area contributed by atoms with E-state index in [-0.39, 0.29) is 0 Å². The molecule has 0 radical (unpaired) electrons. The molecule has 0 aromatic heterocycles. The molecular weight excluding hydrogens is 396 g/mol. The molecule has 0 heterocycles. The van der Waals surface area contributed by atoms with Crippen LogP contribution in [0.3, 0.4) is 0 Å². The van der Waals surface area contributed by atoms with Crippen molar-refractivity contribution in [2.45, 2.75) is 133 Å². The fraction of sp³-hybridized carbons (Fsp3) is 0.636. The molecule has 0 aromatic carbocycles. The highest BCUT2D eigenvalue weighted by molar-refractivity contribution is 5.08. The SMILES string of the molecule is CC(C)=CCCC(C)=CCCC(C)=CCC(C)(C)CC=C(C)CCC=C(C)CCC=C(C)C. The average molecular weight is 453 g/mol.